The lowest BCUT2D eigenvalue weighted by Gasteiger charge is -2.29. The Labute approximate surface area is 111 Å². The van der Waals surface area contributed by atoms with Crippen LogP contribution in [0.5, 0.6) is 0 Å². The second-order valence-corrected chi connectivity index (χ2v) is 5.25. The van der Waals surface area contributed by atoms with Gasteiger partial charge in [0, 0.05) is 24.5 Å². The molecule has 1 aromatic carbocycles. The highest BCUT2D eigenvalue weighted by atomic mass is 16.6. The van der Waals surface area contributed by atoms with Gasteiger partial charge in [-0.2, -0.15) is 0 Å². The molecule has 1 fully saturated rings. The van der Waals surface area contributed by atoms with Crippen LogP contribution < -0.4 is 0 Å². The van der Waals surface area contributed by atoms with Crippen molar-refractivity contribution >= 4 is 11.5 Å². The van der Waals surface area contributed by atoms with Gasteiger partial charge in [0.25, 0.3) is 5.69 Å². The monoisotopic (exact) mass is 263 g/mol. The third-order valence-electron chi connectivity index (χ3n) is 3.78. The molecule has 5 heteroatoms. The van der Waals surface area contributed by atoms with Crippen LogP contribution in [0.2, 0.25) is 0 Å². The molecule has 1 aliphatic rings. The number of Topliss-reactive ketones (excluding diaryl/α,β-unsaturated/α-hetero) is 1. The number of nitrogens with zero attached hydrogens (tertiary/aromatic N) is 1. The van der Waals surface area contributed by atoms with Gasteiger partial charge in [-0.05, 0) is 36.5 Å². The summed E-state index contributed by atoms with van der Waals surface area (Å²) >= 11 is 0. The van der Waals surface area contributed by atoms with Gasteiger partial charge in [0.1, 0.15) is 5.78 Å². The molecule has 3 atom stereocenters. The average molecular weight is 263 g/mol. The van der Waals surface area contributed by atoms with Crippen LogP contribution in [0.25, 0.3) is 0 Å². The van der Waals surface area contributed by atoms with Crippen molar-refractivity contribution in [2.45, 2.75) is 32.3 Å². The number of nitro benzene ring substituents is 1. The highest BCUT2D eigenvalue weighted by Gasteiger charge is 2.32. The van der Waals surface area contributed by atoms with Crippen molar-refractivity contribution < 1.29 is 14.8 Å². The third-order valence-corrected chi connectivity index (χ3v) is 3.78. The van der Waals surface area contributed by atoms with E-state index in [2.05, 4.69) is 6.92 Å². The standard InChI is InChI=1S/C14H17NO4/c1-9-2-7-13(16)12(8-9)14(17)10-3-5-11(6-4-10)15(18)19/h3-6,9,12,14,17H,2,7-8H2,1H3/t9?,12?,14-/m1/s1. The van der Waals surface area contributed by atoms with Gasteiger partial charge >= 0.3 is 0 Å². The number of aliphatic hydroxyl groups excluding tert-OH is 1. The molecule has 0 radical (unpaired) electrons. The number of carbonyl (C=O) groups is 1. The molecule has 0 aromatic heterocycles. The summed E-state index contributed by atoms with van der Waals surface area (Å²) in [5, 5.41) is 20.8. The van der Waals surface area contributed by atoms with E-state index in [1.54, 1.807) is 0 Å². The van der Waals surface area contributed by atoms with E-state index in [0.29, 0.717) is 24.3 Å². The van der Waals surface area contributed by atoms with E-state index in [1.807, 2.05) is 0 Å². The maximum atomic E-state index is 11.9. The maximum absolute atomic E-state index is 11.9. The molecule has 2 unspecified atom stereocenters. The Kier molecular flexibility index (Phi) is 3.95. The Hall–Kier alpha value is -1.75. The van der Waals surface area contributed by atoms with Gasteiger partial charge in [-0.25, -0.2) is 0 Å². The van der Waals surface area contributed by atoms with Crippen LogP contribution in [0.15, 0.2) is 24.3 Å². The van der Waals surface area contributed by atoms with E-state index in [4.69, 9.17) is 0 Å². The minimum Gasteiger partial charge on any atom is -0.388 e. The predicted octanol–water partition coefficient (Wildman–Crippen LogP) is 2.63. The van der Waals surface area contributed by atoms with Gasteiger partial charge in [-0.1, -0.05) is 6.92 Å². The van der Waals surface area contributed by atoms with E-state index in [0.717, 1.165) is 6.42 Å². The number of benzene rings is 1. The van der Waals surface area contributed by atoms with Gasteiger partial charge in [0.15, 0.2) is 0 Å². The van der Waals surface area contributed by atoms with Crippen LogP contribution in [0.4, 0.5) is 5.69 Å². The number of aliphatic hydroxyl groups is 1. The minimum atomic E-state index is -0.865. The van der Waals surface area contributed by atoms with Crippen LogP contribution >= 0.6 is 0 Å². The van der Waals surface area contributed by atoms with Crippen LogP contribution in [-0.4, -0.2) is 15.8 Å². The third kappa shape index (κ3) is 2.98. The fourth-order valence-corrected chi connectivity index (χ4v) is 2.59. The first kappa shape index (κ1) is 13.7. The SMILES string of the molecule is CC1CCC(=O)C([C@H](O)c2ccc([N+](=O)[O-])cc2)C1. The molecule has 102 valence electrons. The smallest absolute Gasteiger partial charge is 0.269 e. The van der Waals surface area contributed by atoms with Crippen LogP contribution in [0.3, 0.4) is 0 Å². The molecule has 0 saturated heterocycles. The molecule has 0 bridgehead atoms. The van der Waals surface area contributed by atoms with Gasteiger partial charge in [-0.15, -0.1) is 0 Å². The van der Waals surface area contributed by atoms with E-state index in [9.17, 15) is 20.0 Å². The maximum Gasteiger partial charge on any atom is 0.269 e. The molecule has 1 N–H and O–H groups in total. The van der Waals surface area contributed by atoms with Crippen LogP contribution in [0, 0.1) is 22.0 Å². The molecule has 0 heterocycles. The summed E-state index contributed by atoms with van der Waals surface area (Å²) in [6.45, 7) is 2.07. The summed E-state index contributed by atoms with van der Waals surface area (Å²) in [5.74, 6) is 0.129. The highest BCUT2D eigenvalue weighted by Crippen LogP contribution is 2.35. The molecule has 1 aliphatic carbocycles. The Bertz CT molecular complexity index is 483. The molecule has 19 heavy (non-hydrogen) atoms. The lowest BCUT2D eigenvalue weighted by molar-refractivity contribution is -0.384. The van der Waals surface area contributed by atoms with Crippen molar-refractivity contribution in [3.8, 4) is 0 Å². The average Bonchev–Trinajstić information content (AvgIpc) is 2.41. The number of ketones is 1. The number of carbonyl (C=O) groups excluding carboxylic acids is 1. The first-order chi connectivity index (χ1) is 8.99. The first-order valence-corrected chi connectivity index (χ1v) is 6.44. The molecule has 0 aliphatic heterocycles. The number of non-ortho nitro benzene ring substituents is 1. The number of rotatable bonds is 3. The van der Waals surface area contributed by atoms with E-state index >= 15 is 0 Å². The second-order valence-electron chi connectivity index (χ2n) is 5.25. The minimum absolute atomic E-state index is 0.0145. The van der Waals surface area contributed by atoms with E-state index in [-0.39, 0.29) is 17.4 Å². The lowest BCUT2D eigenvalue weighted by atomic mass is 9.77. The van der Waals surface area contributed by atoms with Crippen molar-refractivity contribution in [2.75, 3.05) is 0 Å². The van der Waals surface area contributed by atoms with Gasteiger partial charge in [0.2, 0.25) is 0 Å². The van der Waals surface area contributed by atoms with Gasteiger partial charge in [-0.3, -0.25) is 14.9 Å². The molecular weight excluding hydrogens is 246 g/mol. The number of hydrogen-bond acceptors (Lipinski definition) is 4. The number of hydrogen-bond donors (Lipinski definition) is 1. The summed E-state index contributed by atoms with van der Waals surface area (Å²) in [6, 6.07) is 5.76. The van der Waals surface area contributed by atoms with E-state index in [1.165, 1.54) is 24.3 Å². The summed E-state index contributed by atoms with van der Waals surface area (Å²) < 4.78 is 0. The topological polar surface area (TPSA) is 80.4 Å². The fraction of sp³-hybridized carbons (Fsp3) is 0.500. The molecule has 1 saturated carbocycles. The molecule has 1 aromatic rings. The second kappa shape index (κ2) is 5.48. The van der Waals surface area contributed by atoms with Gasteiger partial charge in [0.05, 0.1) is 11.0 Å². The largest absolute Gasteiger partial charge is 0.388 e. The zero-order valence-corrected chi connectivity index (χ0v) is 10.8. The predicted molar refractivity (Wildman–Crippen MR) is 69.6 cm³/mol. The summed E-state index contributed by atoms with van der Waals surface area (Å²) in [6.07, 6.45) is 1.20. The van der Waals surface area contributed by atoms with Crippen molar-refractivity contribution in [3.05, 3.63) is 39.9 Å². The van der Waals surface area contributed by atoms with Crippen molar-refractivity contribution in [3.63, 3.8) is 0 Å². The normalized spacial score (nSPS) is 25.1. The van der Waals surface area contributed by atoms with Crippen molar-refractivity contribution in [1.82, 2.24) is 0 Å². The zero-order valence-electron chi connectivity index (χ0n) is 10.8. The molecule has 5 nitrogen and oxygen atoms in total. The number of nitro groups is 1. The first-order valence-electron chi connectivity index (χ1n) is 6.44. The highest BCUT2D eigenvalue weighted by molar-refractivity contribution is 5.82. The summed E-state index contributed by atoms with van der Waals surface area (Å²) in [5.41, 5.74) is 0.553. The Morgan fingerprint density at radius 1 is 1.37 bits per heavy atom. The van der Waals surface area contributed by atoms with Crippen molar-refractivity contribution in [2.24, 2.45) is 11.8 Å². The Balaban J connectivity index is 2.16. The zero-order chi connectivity index (χ0) is 14.0. The molecule has 2 rings (SSSR count). The van der Waals surface area contributed by atoms with Crippen molar-refractivity contribution in [1.29, 1.82) is 0 Å². The summed E-state index contributed by atoms with van der Waals surface area (Å²) in [4.78, 5) is 21.9. The quantitative estimate of drug-likeness (QED) is 0.671. The van der Waals surface area contributed by atoms with Crippen LogP contribution in [-0.2, 0) is 4.79 Å². The fourth-order valence-electron chi connectivity index (χ4n) is 2.59. The molecule has 0 spiro atoms. The van der Waals surface area contributed by atoms with E-state index < -0.39 is 11.0 Å². The molecule has 0 amide bonds. The molecular formula is C14H17NO4. The Morgan fingerprint density at radius 3 is 2.58 bits per heavy atom. The van der Waals surface area contributed by atoms with Crippen LogP contribution in [0.1, 0.15) is 37.9 Å². The summed E-state index contributed by atoms with van der Waals surface area (Å²) in [7, 11) is 0. The van der Waals surface area contributed by atoms with Gasteiger partial charge < -0.3 is 5.11 Å². The Morgan fingerprint density at radius 2 is 2.00 bits per heavy atom. The lowest BCUT2D eigenvalue weighted by Crippen LogP contribution is -2.29.